The molecular formula is C8H16N2O3. The van der Waals surface area contributed by atoms with Crippen molar-refractivity contribution in [1.29, 1.82) is 0 Å². The second kappa shape index (κ2) is 6.42. The highest BCUT2D eigenvalue weighted by Gasteiger charge is 2.11. The third-order valence-electron chi connectivity index (χ3n) is 1.37. The average molecular weight is 188 g/mol. The van der Waals surface area contributed by atoms with Crippen LogP contribution in [0.25, 0.3) is 0 Å². The molecule has 1 unspecified atom stereocenters. The predicted octanol–water partition coefficient (Wildman–Crippen LogP) is -0.166. The van der Waals surface area contributed by atoms with Crippen LogP contribution in [0.1, 0.15) is 32.1 Å². The minimum absolute atomic E-state index is 0.0213. The Morgan fingerprint density at radius 1 is 1.31 bits per heavy atom. The van der Waals surface area contributed by atoms with Gasteiger partial charge in [0, 0.05) is 6.42 Å². The molecule has 76 valence electrons. The van der Waals surface area contributed by atoms with E-state index < -0.39 is 17.9 Å². The average Bonchev–Trinajstić information content (AvgIpc) is 2.85. The fourth-order valence-electron chi connectivity index (χ4n) is 0.421. The number of primary amides is 1. The third-order valence-corrected chi connectivity index (χ3v) is 1.37. The van der Waals surface area contributed by atoms with Crippen LogP contribution in [0.3, 0.4) is 0 Å². The van der Waals surface area contributed by atoms with Gasteiger partial charge in [0.1, 0.15) is 6.04 Å². The van der Waals surface area contributed by atoms with E-state index in [1.807, 2.05) is 0 Å². The van der Waals surface area contributed by atoms with Crippen molar-refractivity contribution in [3.63, 3.8) is 0 Å². The van der Waals surface area contributed by atoms with Gasteiger partial charge in [-0.1, -0.05) is 19.3 Å². The largest absolute Gasteiger partial charge is 0.480 e. The SMILES string of the molecule is C1CC1.NC(=O)CCC(N)C(=O)O. The zero-order valence-corrected chi connectivity index (χ0v) is 7.53. The van der Waals surface area contributed by atoms with Crippen molar-refractivity contribution in [2.24, 2.45) is 11.5 Å². The van der Waals surface area contributed by atoms with Gasteiger partial charge in [-0.05, 0) is 6.42 Å². The van der Waals surface area contributed by atoms with Crippen molar-refractivity contribution in [1.82, 2.24) is 0 Å². The number of carbonyl (C=O) groups is 2. The Morgan fingerprint density at radius 3 is 2.00 bits per heavy atom. The van der Waals surface area contributed by atoms with Crippen LogP contribution in [0.4, 0.5) is 0 Å². The van der Waals surface area contributed by atoms with Gasteiger partial charge in [0.25, 0.3) is 0 Å². The van der Waals surface area contributed by atoms with Gasteiger partial charge in [0.2, 0.25) is 5.91 Å². The van der Waals surface area contributed by atoms with Crippen LogP contribution in [0.2, 0.25) is 0 Å². The molecule has 1 amide bonds. The van der Waals surface area contributed by atoms with Gasteiger partial charge in [-0.25, -0.2) is 0 Å². The number of hydrogen-bond donors (Lipinski definition) is 3. The summed E-state index contributed by atoms with van der Waals surface area (Å²) in [6.45, 7) is 0. The second-order valence-corrected chi connectivity index (χ2v) is 3.01. The van der Waals surface area contributed by atoms with E-state index >= 15 is 0 Å². The van der Waals surface area contributed by atoms with E-state index in [2.05, 4.69) is 0 Å². The number of rotatable bonds is 4. The number of hydrogen-bond acceptors (Lipinski definition) is 3. The van der Waals surface area contributed by atoms with Crippen LogP contribution in [-0.4, -0.2) is 23.0 Å². The molecule has 0 spiro atoms. The first kappa shape index (κ1) is 11.9. The molecule has 1 aliphatic rings. The van der Waals surface area contributed by atoms with Crippen molar-refractivity contribution >= 4 is 11.9 Å². The lowest BCUT2D eigenvalue weighted by molar-refractivity contribution is -0.138. The van der Waals surface area contributed by atoms with Gasteiger partial charge in [-0.3, -0.25) is 9.59 Å². The molecular weight excluding hydrogens is 172 g/mol. The van der Waals surface area contributed by atoms with Crippen LogP contribution in [0, 0.1) is 0 Å². The maximum absolute atomic E-state index is 10.1. The fourth-order valence-corrected chi connectivity index (χ4v) is 0.421. The third kappa shape index (κ3) is 10.9. The monoisotopic (exact) mass is 188 g/mol. The lowest BCUT2D eigenvalue weighted by atomic mass is 10.2. The molecule has 5 heteroatoms. The number of carboxylic acids is 1. The Kier molecular flexibility index (Phi) is 5.88. The highest BCUT2D eigenvalue weighted by Crippen LogP contribution is 2.14. The number of aliphatic carboxylic acids is 1. The van der Waals surface area contributed by atoms with Crippen LogP contribution in [0.5, 0.6) is 0 Å². The molecule has 0 aromatic carbocycles. The number of carbonyl (C=O) groups excluding carboxylic acids is 1. The van der Waals surface area contributed by atoms with E-state index in [-0.39, 0.29) is 12.8 Å². The van der Waals surface area contributed by atoms with E-state index in [9.17, 15) is 9.59 Å². The molecule has 5 nitrogen and oxygen atoms in total. The molecule has 0 saturated heterocycles. The van der Waals surface area contributed by atoms with Crippen LogP contribution >= 0.6 is 0 Å². The minimum atomic E-state index is -1.11. The van der Waals surface area contributed by atoms with Gasteiger partial charge in [0.05, 0.1) is 0 Å². The quantitative estimate of drug-likeness (QED) is 0.569. The molecule has 5 N–H and O–H groups in total. The predicted molar refractivity (Wildman–Crippen MR) is 47.9 cm³/mol. The summed E-state index contributed by atoms with van der Waals surface area (Å²) in [4.78, 5) is 20.1. The van der Waals surface area contributed by atoms with Gasteiger partial charge >= 0.3 is 5.97 Å². The molecule has 1 rings (SSSR count). The van der Waals surface area contributed by atoms with E-state index in [1.165, 1.54) is 19.3 Å². The summed E-state index contributed by atoms with van der Waals surface area (Å²) in [6, 6.07) is -0.979. The maximum atomic E-state index is 10.1. The van der Waals surface area contributed by atoms with Crippen molar-refractivity contribution in [2.75, 3.05) is 0 Å². The Labute approximate surface area is 77.1 Å². The van der Waals surface area contributed by atoms with Crippen LogP contribution in [0.15, 0.2) is 0 Å². The molecule has 1 saturated carbocycles. The van der Waals surface area contributed by atoms with E-state index in [0.29, 0.717) is 0 Å². The van der Waals surface area contributed by atoms with E-state index in [0.717, 1.165) is 0 Å². The summed E-state index contributed by atoms with van der Waals surface area (Å²) < 4.78 is 0. The fraction of sp³-hybridized carbons (Fsp3) is 0.750. The first-order valence-electron chi connectivity index (χ1n) is 4.30. The minimum Gasteiger partial charge on any atom is -0.480 e. The van der Waals surface area contributed by atoms with Crippen molar-refractivity contribution < 1.29 is 14.7 Å². The second-order valence-electron chi connectivity index (χ2n) is 3.01. The standard InChI is InChI=1S/C5H10N2O3.C3H6/c6-3(5(9)10)1-2-4(7)8;1-2-3-1/h3H,1-2,6H2,(H2,7,8)(H,9,10);1-3H2. The molecule has 0 bridgehead atoms. The molecule has 1 atom stereocenters. The number of nitrogens with two attached hydrogens (primary N) is 2. The molecule has 0 radical (unpaired) electrons. The lowest BCUT2D eigenvalue weighted by Crippen LogP contribution is -2.31. The summed E-state index contributed by atoms with van der Waals surface area (Å²) >= 11 is 0. The first-order chi connectivity index (χ1) is 6.04. The van der Waals surface area contributed by atoms with E-state index in [4.69, 9.17) is 16.6 Å². The Hall–Kier alpha value is -1.10. The summed E-state index contributed by atoms with van der Waals surface area (Å²) in [7, 11) is 0. The number of amides is 1. The van der Waals surface area contributed by atoms with Gasteiger partial charge in [-0.15, -0.1) is 0 Å². The van der Waals surface area contributed by atoms with E-state index in [1.54, 1.807) is 0 Å². The topological polar surface area (TPSA) is 106 Å². The lowest BCUT2D eigenvalue weighted by Gasteiger charge is -2.01. The van der Waals surface area contributed by atoms with Crippen molar-refractivity contribution in [3.05, 3.63) is 0 Å². The molecule has 1 aliphatic carbocycles. The van der Waals surface area contributed by atoms with Gasteiger partial charge in [-0.2, -0.15) is 0 Å². The zero-order chi connectivity index (χ0) is 10.3. The molecule has 0 aliphatic heterocycles. The summed E-state index contributed by atoms with van der Waals surface area (Å²) in [5.41, 5.74) is 9.81. The summed E-state index contributed by atoms with van der Waals surface area (Å²) in [5, 5.41) is 8.22. The highest BCUT2D eigenvalue weighted by atomic mass is 16.4. The maximum Gasteiger partial charge on any atom is 0.320 e. The Balaban J connectivity index is 0.000000396. The zero-order valence-electron chi connectivity index (χ0n) is 7.53. The van der Waals surface area contributed by atoms with Gasteiger partial charge < -0.3 is 16.6 Å². The van der Waals surface area contributed by atoms with Gasteiger partial charge in [0.15, 0.2) is 0 Å². The Morgan fingerprint density at radius 2 is 1.77 bits per heavy atom. The normalized spacial score (nSPS) is 15.2. The molecule has 1 fully saturated rings. The van der Waals surface area contributed by atoms with Crippen LogP contribution in [-0.2, 0) is 9.59 Å². The Bertz CT molecular complexity index is 177. The van der Waals surface area contributed by atoms with Crippen molar-refractivity contribution in [2.45, 2.75) is 38.1 Å². The molecule has 0 aromatic rings. The first-order valence-corrected chi connectivity index (χ1v) is 4.30. The molecule has 0 heterocycles. The smallest absolute Gasteiger partial charge is 0.320 e. The molecule has 0 aromatic heterocycles. The van der Waals surface area contributed by atoms with Crippen LogP contribution < -0.4 is 11.5 Å². The molecule has 13 heavy (non-hydrogen) atoms. The summed E-state index contributed by atoms with van der Waals surface area (Å²) in [5.74, 6) is -1.64. The summed E-state index contributed by atoms with van der Waals surface area (Å²) in [6.07, 6.45) is 4.62. The van der Waals surface area contributed by atoms with Crippen molar-refractivity contribution in [3.8, 4) is 0 Å². The number of carboxylic acid groups (broad SMARTS) is 1. The highest BCUT2D eigenvalue weighted by molar-refractivity contribution is 5.76.